The normalized spacial score (nSPS) is 12.6. The summed E-state index contributed by atoms with van der Waals surface area (Å²) in [6.07, 6.45) is 5.47. The molecule has 0 radical (unpaired) electrons. The summed E-state index contributed by atoms with van der Waals surface area (Å²) in [6.45, 7) is 5.32. The number of ketones is 1. The lowest BCUT2D eigenvalue weighted by atomic mass is 10.2. The molecule has 0 saturated heterocycles. The number of hydrogen-bond acceptors (Lipinski definition) is 1. The summed E-state index contributed by atoms with van der Waals surface area (Å²) in [6, 6.07) is 0. The highest BCUT2D eigenvalue weighted by Crippen LogP contribution is 1.96. The van der Waals surface area contributed by atoms with Gasteiger partial charge in [0.1, 0.15) is 0 Å². The van der Waals surface area contributed by atoms with Crippen molar-refractivity contribution in [2.24, 2.45) is 0 Å². The van der Waals surface area contributed by atoms with E-state index in [1.807, 2.05) is 32.1 Å². The minimum Gasteiger partial charge on any atom is -0.295 e. The van der Waals surface area contributed by atoms with Gasteiger partial charge in [-0.3, -0.25) is 4.79 Å². The Morgan fingerprint density at radius 3 is 2.00 bits per heavy atom. The number of allylic oxidation sites excluding steroid dienone is 4. The van der Waals surface area contributed by atoms with Gasteiger partial charge in [0.15, 0.2) is 5.78 Å². The lowest BCUT2D eigenvalue weighted by Crippen LogP contribution is -1.90. The SMILES string of the molecule is C/C=C/C(=C\C)C(C)=O. The maximum absolute atomic E-state index is 10.6. The Hall–Kier alpha value is -0.850. The molecule has 0 aromatic heterocycles. The third-order valence-electron chi connectivity index (χ3n) is 1.06. The van der Waals surface area contributed by atoms with Gasteiger partial charge in [-0.1, -0.05) is 18.2 Å². The van der Waals surface area contributed by atoms with Crippen LogP contribution in [0.25, 0.3) is 0 Å². The van der Waals surface area contributed by atoms with Crippen LogP contribution in [0.3, 0.4) is 0 Å². The van der Waals surface area contributed by atoms with Gasteiger partial charge >= 0.3 is 0 Å². The van der Waals surface area contributed by atoms with E-state index in [-0.39, 0.29) is 5.78 Å². The second kappa shape index (κ2) is 4.07. The van der Waals surface area contributed by atoms with Crippen LogP contribution < -0.4 is 0 Å². The maximum Gasteiger partial charge on any atom is 0.159 e. The Bertz CT molecular complexity index is 152. The molecule has 0 unspecified atom stereocenters. The van der Waals surface area contributed by atoms with Crippen molar-refractivity contribution in [3.63, 3.8) is 0 Å². The number of carbonyl (C=O) groups is 1. The molecule has 1 heteroatoms. The van der Waals surface area contributed by atoms with Gasteiger partial charge in [-0.15, -0.1) is 0 Å². The fourth-order valence-electron chi connectivity index (χ4n) is 0.596. The van der Waals surface area contributed by atoms with E-state index < -0.39 is 0 Å². The molecule has 0 amide bonds. The first-order valence-electron chi connectivity index (χ1n) is 3.02. The summed E-state index contributed by atoms with van der Waals surface area (Å²) >= 11 is 0. The number of rotatable bonds is 2. The Morgan fingerprint density at radius 2 is 1.89 bits per heavy atom. The van der Waals surface area contributed by atoms with Crippen molar-refractivity contribution >= 4 is 5.78 Å². The number of hydrogen-bond donors (Lipinski definition) is 0. The zero-order valence-electron chi connectivity index (χ0n) is 6.14. The van der Waals surface area contributed by atoms with Crippen molar-refractivity contribution in [1.82, 2.24) is 0 Å². The van der Waals surface area contributed by atoms with E-state index in [4.69, 9.17) is 0 Å². The van der Waals surface area contributed by atoms with Gasteiger partial charge in [-0.05, 0) is 20.8 Å². The van der Waals surface area contributed by atoms with Crippen molar-refractivity contribution < 1.29 is 4.79 Å². The van der Waals surface area contributed by atoms with Gasteiger partial charge in [0.2, 0.25) is 0 Å². The van der Waals surface area contributed by atoms with Gasteiger partial charge in [-0.25, -0.2) is 0 Å². The number of Topliss-reactive ketones (excluding diaryl/α,β-unsaturated/α-hetero) is 1. The van der Waals surface area contributed by atoms with Crippen LogP contribution in [0.4, 0.5) is 0 Å². The van der Waals surface area contributed by atoms with Gasteiger partial charge in [0.25, 0.3) is 0 Å². The van der Waals surface area contributed by atoms with Crippen LogP contribution in [0.1, 0.15) is 20.8 Å². The first kappa shape index (κ1) is 8.15. The largest absolute Gasteiger partial charge is 0.295 e. The van der Waals surface area contributed by atoms with Crippen LogP contribution >= 0.6 is 0 Å². The molecule has 0 rings (SSSR count). The van der Waals surface area contributed by atoms with Crippen LogP contribution in [0.2, 0.25) is 0 Å². The first-order valence-corrected chi connectivity index (χ1v) is 3.02. The van der Waals surface area contributed by atoms with Crippen LogP contribution in [-0.2, 0) is 4.79 Å². The molecular formula is C8H12O. The van der Waals surface area contributed by atoms with Crippen molar-refractivity contribution in [3.8, 4) is 0 Å². The minimum atomic E-state index is 0.121. The Labute approximate surface area is 56.1 Å². The quantitative estimate of drug-likeness (QED) is 0.407. The molecule has 0 aliphatic heterocycles. The third kappa shape index (κ3) is 2.85. The summed E-state index contributed by atoms with van der Waals surface area (Å²) in [4.78, 5) is 10.6. The Kier molecular flexibility index (Phi) is 3.69. The molecule has 0 N–H and O–H groups in total. The molecule has 0 aromatic rings. The smallest absolute Gasteiger partial charge is 0.159 e. The van der Waals surface area contributed by atoms with E-state index in [1.54, 1.807) is 6.92 Å². The molecule has 9 heavy (non-hydrogen) atoms. The topological polar surface area (TPSA) is 17.1 Å². The van der Waals surface area contributed by atoms with Crippen LogP contribution in [0.15, 0.2) is 23.8 Å². The van der Waals surface area contributed by atoms with Crippen molar-refractivity contribution in [1.29, 1.82) is 0 Å². The molecule has 1 nitrogen and oxygen atoms in total. The predicted molar refractivity (Wildman–Crippen MR) is 39.3 cm³/mol. The fraction of sp³-hybridized carbons (Fsp3) is 0.375. The highest BCUT2D eigenvalue weighted by Gasteiger charge is 1.93. The third-order valence-corrected chi connectivity index (χ3v) is 1.06. The molecule has 0 atom stereocenters. The van der Waals surface area contributed by atoms with Gasteiger partial charge < -0.3 is 0 Å². The van der Waals surface area contributed by atoms with Crippen LogP contribution in [0, 0.1) is 0 Å². The molecule has 50 valence electrons. The van der Waals surface area contributed by atoms with E-state index in [9.17, 15) is 4.79 Å². The van der Waals surface area contributed by atoms with E-state index in [0.29, 0.717) is 0 Å². The molecule has 0 bridgehead atoms. The summed E-state index contributed by atoms with van der Waals surface area (Å²) < 4.78 is 0. The Balaban J connectivity index is 4.19. The summed E-state index contributed by atoms with van der Waals surface area (Å²) in [5, 5.41) is 0. The first-order chi connectivity index (χ1) is 4.22. The molecule has 0 heterocycles. The fourth-order valence-corrected chi connectivity index (χ4v) is 0.596. The zero-order valence-corrected chi connectivity index (χ0v) is 6.14. The second-order valence-electron chi connectivity index (χ2n) is 1.80. The lowest BCUT2D eigenvalue weighted by Gasteiger charge is -1.89. The molecule has 0 aromatic carbocycles. The molecule has 0 fully saturated rings. The molecule has 0 saturated carbocycles. The standard InChI is InChI=1S/C8H12O/c1-4-6-8(5-2)7(3)9/h4-6H,1-3H3/b6-4+,8-5+. The minimum absolute atomic E-state index is 0.121. The summed E-state index contributed by atoms with van der Waals surface area (Å²) in [7, 11) is 0. The van der Waals surface area contributed by atoms with Crippen molar-refractivity contribution in [3.05, 3.63) is 23.8 Å². The van der Waals surface area contributed by atoms with Crippen LogP contribution in [-0.4, -0.2) is 5.78 Å². The van der Waals surface area contributed by atoms with E-state index in [0.717, 1.165) is 5.57 Å². The van der Waals surface area contributed by atoms with E-state index in [1.165, 1.54) is 0 Å². The molecule has 0 aliphatic carbocycles. The van der Waals surface area contributed by atoms with Gasteiger partial charge in [-0.2, -0.15) is 0 Å². The lowest BCUT2D eigenvalue weighted by molar-refractivity contribution is -0.113. The highest BCUT2D eigenvalue weighted by molar-refractivity contribution is 5.95. The molecular weight excluding hydrogens is 112 g/mol. The molecule has 0 aliphatic rings. The van der Waals surface area contributed by atoms with E-state index in [2.05, 4.69) is 0 Å². The predicted octanol–water partition coefficient (Wildman–Crippen LogP) is 2.10. The molecule has 0 spiro atoms. The average molecular weight is 124 g/mol. The number of carbonyl (C=O) groups excluding carboxylic acids is 1. The van der Waals surface area contributed by atoms with Crippen LogP contribution in [0.5, 0.6) is 0 Å². The zero-order chi connectivity index (χ0) is 7.28. The Morgan fingerprint density at radius 1 is 1.33 bits per heavy atom. The van der Waals surface area contributed by atoms with Crippen molar-refractivity contribution in [2.45, 2.75) is 20.8 Å². The van der Waals surface area contributed by atoms with Crippen molar-refractivity contribution in [2.75, 3.05) is 0 Å². The van der Waals surface area contributed by atoms with Gasteiger partial charge in [0, 0.05) is 5.57 Å². The average Bonchev–Trinajstić information content (AvgIpc) is 1.82. The summed E-state index contributed by atoms with van der Waals surface area (Å²) in [5.41, 5.74) is 0.775. The highest BCUT2D eigenvalue weighted by atomic mass is 16.1. The summed E-state index contributed by atoms with van der Waals surface area (Å²) in [5.74, 6) is 0.121. The second-order valence-corrected chi connectivity index (χ2v) is 1.80. The van der Waals surface area contributed by atoms with E-state index >= 15 is 0 Å². The van der Waals surface area contributed by atoms with Gasteiger partial charge in [0.05, 0.1) is 0 Å². The maximum atomic E-state index is 10.6. The monoisotopic (exact) mass is 124 g/mol.